The third-order valence-corrected chi connectivity index (χ3v) is 6.70. The molecular weight excluding hydrogens is 306 g/mol. The van der Waals surface area contributed by atoms with Crippen LogP contribution in [0.4, 0.5) is 0 Å². The quantitative estimate of drug-likeness (QED) is 0.799. The van der Waals surface area contributed by atoms with Gasteiger partial charge >= 0.3 is 0 Å². The number of fused-ring (bicyclic) bond motifs is 1. The molecule has 0 aromatic heterocycles. The summed E-state index contributed by atoms with van der Waals surface area (Å²) in [6.45, 7) is 8.42. The SMILES string of the molecule is C/C(=C\SCC1CCNCC1)C(=O)N1CCN2CCCCC2C1. The lowest BCUT2D eigenvalue weighted by Gasteiger charge is -2.44. The van der Waals surface area contributed by atoms with Gasteiger partial charge in [-0.25, -0.2) is 0 Å². The van der Waals surface area contributed by atoms with Crippen LogP contribution in [0.15, 0.2) is 11.0 Å². The molecular formula is C18H31N3OS. The van der Waals surface area contributed by atoms with Crippen LogP contribution in [0.2, 0.25) is 0 Å². The number of piperazine rings is 1. The molecule has 0 aliphatic carbocycles. The van der Waals surface area contributed by atoms with Crippen molar-refractivity contribution in [3.05, 3.63) is 11.0 Å². The van der Waals surface area contributed by atoms with Crippen LogP contribution in [0.25, 0.3) is 0 Å². The van der Waals surface area contributed by atoms with Gasteiger partial charge in [0, 0.05) is 37.0 Å². The van der Waals surface area contributed by atoms with Gasteiger partial charge in [-0.2, -0.15) is 0 Å². The Hall–Kier alpha value is -0.520. The number of nitrogens with one attached hydrogen (secondary N) is 1. The van der Waals surface area contributed by atoms with Crippen LogP contribution >= 0.6 is 11.8 Å². The van der Waals surface area contributed by atoms with Crippen LogP contribution in [0, 0.1) is 5.92 Å². The van der Waals surface area contributed by atoms with E-state index in [1.165, 1.54) is 38.6 Å². The maximum absolute atomic E-state index is 12.7. The van der Waals surface area contributed by atoms with Crippen LogP contribution < -0.4 is 5.32 Å². The number of rotatable bonds is 4. The van der Waals surface area contributed by atoms with Gasteiger partial charge in [-0.3, -0.25) is 9.69 Å². The molecule has 1 unspecified atom stereocenters. The Kier molecular flexibility index (Phi) is 6.43. The van der Waals surface area contributed by atoms with Gasteiger partial charge in [0.05, 0.1) is 0 Å². The van der Waals surface area contributed by atoms with Crippen LogP contribution in [0.5, 0.6) is 0 Å². The van der Waals surface area contributed by atoms with E-state index in [0.717, 1.165) is 50.0 Å². The predicted octanol–water partition coefficient (Wildman–Crippen LogP) is 2.32. The summed E-state index contributed by atoms with van der Waals surface area (Å²) in [5.74, 6) is 2.22. The van der Waals surface area contributed by atoms with Crippen molar-refractivity contribution in [2.75, 3.05) is 45.0 Å². The first kappa shape index (κ1) is 17.3. The Morgan fingerprint density at radius 3 is 2.83 bits per heavy atom. The van der Waals surface area contributed by atoms with Gasteiger partial charge < -0.3 is 10.2 Å². The van der Waals surface area contributed by atoms with E-state index in [9.17, 15) is 4.79 Å². The van der Waals surface area contributed by atoms with Crippen LogP contribution in [-0.4, -0.2) is 66.8 Å². The summed E-state index contributed by atoms with van der Waals surface area (Å²) in [6, 6.07) is 0.608. The molecule has 0 saturated carbocycles. The highest BCUT2D eigenvalue weighted by molar-refractivity contribution is 8.02. The van der Waals surface area contributed by atoms with E-state index in [2.05, 4.69) is 20.5 Å². The van der Waals surface area contributed by atoms with E-state index in [1.807, 2.05) is 18.7 Å². The summed E-state index contributed by atoms with van der Waals surface area (Å²) in [7, 11) is 0. The molecule has 3 heterocycles. The summed E-state index contributed by atoms with van der Waals surface area (Å²) < 4.78 is 0. The molecule has 0 radical (unpaired) electrons. The summed E-state index contributed by atoms with van der Waals surface area (Å²) in [5, 5.41) is 5.52. The Morgan fingerprint density at radius 2 is 2.00 bits per heavy atom. The normalized spacial score (nSPS) is 27.8. The van der Waals surface area contributed by atoms with E-state index in [-0.39, 0.29) is 5.91 Å². The molecule has 1 atom stereocenters. The van der Waals surface area contributed by atoms with E-state index in [1.54, 1.807) is 0 Å². The number of carbonyl (C=O) groups is 1. The number of thioether (sulfide) groups is 1. The lowest BCUT2D eigenvalue weighted by molar-refractivity contribution is -0.130. The molecule has 0 bridgehead atoms. The molecule has 3 fully saturated rings. The highest BCUT2D eigenvalue weighted by Gasteiger charge is 2.31. The van der Waals surface area contributed by atoms with Crippen molar-refractivity contribution in [2.45, 2.75) is 45.1 Å². The zero-order valence-corrected chi connectivity index (χ0v) is 15.2. The Balaban J connectivity index is 1.45. The van der Waals surface area contributed by atoms with Gasteiger partial charge in [0.1, 0.15) is 0 Å². The number of hydrogen-bond donors (Lipinski definition) is 1. The third kappa shape index (κ3) is 4.74. The fourth-order valence-electron chi connectivity index (χ4n) is 4.00. The molecule has 4 nitrogen and oxygen atoms in total. The molecule has 3 saturated heterocycles. The second-order valence-corrected chi connectivity index (χ2v) is 8.17. The van der Waals surface area contributed by atoms with Crippen molar-refractivity contribution in [3.8, 4) is 0 Å². The molecule has 5 heteroatoms. The monoisotopic (exact) mass is 337 g/mol. The van der Waals surface area contributed by atoms with Gasteiger partial charge in [-0.1, -0.05) is 6.42 Å². The first-order chi connectivity index (χ1) is 11.2. The molecule has 23 heavy (non-hydrogen) atoms. The van der Waals surface area contributed by atoms with E-state index < -0.39 is 0 Å². The van der Waals surface area contributed by atoms with Crippen LogP contribution in [-0.2, 0) is 4.79 Å². The van der Waals surface area contributed by atoms with Gasteiger partial charge in [0.2, 0.25) is 5.91 Å². The second kappa shape index (κ2) is 8.54. The minimum atomic E-state index is 0.257. The second-order valence-electron chi connectivity index (χ2n) is 7.26. The highest BCUT2D eigenvalue weighted by atomic mass is 32.2. The predicted molar refractivity (Wildman–Crippen MR) is 97.6 cm³/mol. The topological polar surface area (TPSA) is 35.6 Å². The summed E-state index contributed by atoms with van der Waals surface area (Å²) in [5.41, 5.74) is 0.924. The maximum atomic E-state index is 12.7. The molecule has 1 N–H and O–H groups in total. The zero-order valence-electron chi connectivity index (χ0n) is 14.4. The molecule has 3 aliphatic rings. The molecule has 0 aromatic rings. The summed E-state index contributed by atoms with van der Waals surface area (Å²) in [6.07, 6.45) is 6.47. The minimum Gasteiger partial charge on any atom is -0.336 e. The fraction of sp³-hybridized carbons (Fsp3) is 0.833. The third-order valence-electron chi connectivity index (χ3n) is 5.51. The van der Waals surface area contributed by atoms with Crippen LogP contribution in [0.1, 0.15) is 39.0 Å². The first-order valence-electron chi connectivity index (χ1n) is 9.26. The molecule has 1 amide bonds. The largest absolute Gasteiger partial charge is 0.336 e. The Bertz CT molecular complexity index is 434. The average Bonchev–Trinajstić information content (AvgIpc) is 2.61. The smallest absolute Gasteiger partial charge is 0.250 e. The van der Waals surface area contributed by atoms with Gasteiger partial charge in [-0.15, -0.1) is 11.8 Å². The lowest BCUT2D eigenvalue weighted by Crippen LogP contribution is -2.56. The number of hydrogen-bond acceptors (Lipinski definition) is 4. The Labute approximate surface area is 145 Å². The lowest BCUT2D eigenvalue weighted by atomic mass is 9.99. The molecule has 0 spiro atoms. The molecule has 3 rings (SSSR count). The van der Waals surface area contributed by atoms with Gasteiger partial charge in [-0.05, 0) is 63.6 Å². The van der Waals surface area contributed by atoms with Crippen LogP contribution in [0.3, 0.4) is 0 Å². The van der Waals surface area contributed by atoms with Crippen molar-refractivity contribution in [1.29, 1.82) is 0 Å². The average molecular weight is 338 g/mol. The number of amides is 1. The van der Waals surface area contributed by atoms with E-state index in [4.69, 9.17) is 0 Å². The minimum absolute atomic E-state index is 0.257. The first-order valence-corrected chi connectivity index (χ1v) is 10.3. The summed E-state index contributed by atoms with van der Waals surface area (Å²) >= 11 is 1.84. The standard InChI is InChI=1S/C18H31N3OS/c1-15(13-23-14-16-5-7-19-8-6-16)18(22)21-11-10-20-9-3-2-4-17(20)12-21/h13,16-17,19H,2-12,14H2,1H3/b15-13+. The molecule has 0 aromatic carbocycles. The zero-order chi connectivity index (χ0) is 16.1. The Morgan fingerprint density at radius 1 is 1.17 bits per heavy atom. The number of piperidine rings is 2. The highest BCUT2D eigenvalue weighted by Crippen LogP contribution is 2.23. The molecule has 3 aliphatic heterocycles. The molecule has 130 valence electrons. The van der Waals surface area contributed by atoms with Crippen molar-refractivity contribution < 1.29 is 4.79 Å². The van der Waals surface area contributed by atoms with E-state index in [0.29, 0.717) is 6.04 Å². The van der Waals surface area contributed by atoms with Gasteiger partial charge in [0.15, 0.2) is 0 Å². The van der Waals surface area contributed by atoms with E-state index >= 15 is 0 Å². The maximum Gasteiger partial charge on any atom is 0.250 e. The van der Waals surface area contributed by atoms with Crippen molar-refractivity contribution in [1.82, 2.24) is 15.1 Å². The van der Waals surface area contributed by atoms with Crippen molar-refractivity contribution in [3.63, 3.8) is 0 Å². The van der Waals surface area contributed by atoms with Crippen molar-refractivity contribution >= 4 is 17.7 Å². The van der Waals surface area contributed by atoms with Crippen molar-refractivity contribution in [2.24, 2.45) is 5.92 Å². The number of carbonyl (C=O) groups excluding carboxylic acids is 1. The summed E-state index contributed by atoms with van der Waals surface area (Å²) in [4.78, 5) is 17.3. The number of nitrogens with zero attached hydrogens (tertiary/aromatic N) is 2. The fourth-order valence-corrected chi connectivity index (χ4v) is 5.05. The van der Waals surface area contributed by atoms with Gasteiger partial charge in [0.25, 0.3) is 0 Å².